The van der Waals surface area contributed by atoms with Crippen LogP contribution < -0.4 is 11.1 Å². The fraction of sp³-hybridized carbons (Fsp3) is 0.400. The van der Waals surface area contributed by atoms with Gasteiger partial charge in [-0.3, -0.25) is 9.59 Å². The zero-order valence-electron chi connectivity index (χ0n) is 9.98. The Morgan fingerprint density at radius 1 is 1.44 bits per heavy atom. The van der Waals surface area contributed by atoms with Gasteiger partial charge in [0.05, 0.1) is 7.11 Å². The van der Waals surface area contributed by atoms with Gasteiger partial charge < -0.3 is 15.8 Å². The van der Waals surface area contributed by atoms with Crippen LogP contribution in [0.2, 0.25) is 0 Å². The number of aromatic nitrogens is 1. The molecule has 0 unspecified atom stereocenters. The number of esters is 1. The minimum Gasteiger partial charge on any atom is -0.464 e. The number of hydrogen-bond acceptors (Lipinski definition) is 7. The second-order valence-corrected chi connectivity index (χ2v) is 4.39. The van der Waals surface area contributed by atoms with E-state index in [0.717, 1.165) is 11.3 Å². The van der Waals surface area contributed by atoms with E-state index in [9.17, 15) is 14.4 Å². The van der Waals surface area contributed by atoms with E-state index in [1.165, 1.54) is 14.0 Å². The minimum atomic E-state index is -0.667. The topological polar surface area (TPSA) is 111 Å². The number of carbonyl (C=O) groups is 3. The van der Waals surface area contributed by atoms with Gasteiger partial charge in [-0.25, -0.2) is 9.78 Å². The van der Waals surface area contributed by atoms with Gasteiger partial charge in [0, 0.05) is 19.9 Å². The van der Waals surface area contributed by atoms with Crippen molar-refractivity contribution in [3.8, 4) is 0 Å². The minimum absolute atomic E-state index is 0.0171. The van der Waals surface area contributed by atoms with Crippen LogP contribution in [0.1, 0.15) is 33.5 Å². The first kappa shape index (κ1) is 14.1. The smallest absolute Gasteiger partial charge is 0.358 e. The molecule has 0 saturated heterocycles. The van der Waals surface area contributed by atoms with Gasteiger partial charge in [-0.2, -0.15) is 0 Å². The van der Waals surface area contributed by atoms with E-state index in [1.807, 2.05) is 0 Å². The lowest BCUT2D eigenvalue weighted by Crippen LogP contribution is -2.15. The molecule has 8 heteroatoms. The van der Waals surface area contributed by atoms with Crippen LogP contribution in [0.3, 0.4) is 0 Å². The molecule has 1 amide bonds. The number of nitrogens with two attached hydrogens (primary N) is 1. The number of anilines is 1. The average Bonchev–Trinajstić information content (AvgIpc) is 2.72. The molecule has 0 spiro atoms. The summed E-state index contributed by atoms with van der Waals surface area (Å²) in [7, 11) is 1.21. The number of carbonyl (C=O) groups excluding carboxylic acids is 3. The molecule has 0 aliphatic rings. The third-order valence-corrected chi connectivity index (χ3v) is 3.09. The predicted octanol–water partition coefficient (Wildman–Crippen LogP) is 0.420. The molecule has 7 nitrogen and oxygen atoms in total. The lowest BCUT2D eigenvalue weighted by atomic mass is 10.3. The Morgan fingerprint density at radius 2 is 2.11 bits per heavy atom. The van der Waals surface area contributed by atoms with Crippen LogP contribution in [0.4, 0.5) is 5.13 Å². The molecule has 1 aromatic heterocycles. The third kappa shape index (κ3) is 3.52. The number of amides is 1. The molecule has 0 aliphatic carbocycles. The Kier molecular flexibility index (Phi) is 4.78. The van der Waals surface area contributed by atoms with E-state index >= 15 is 0 Å². The van der Waals surface area contributed by atoms with E-state index in [-0.39, 0.29) is 22.8 Å². The highest BCUT2D eigenvalue weighted by Gasteiger charge is 2.21. The number of nitrogens with zero attached hydrogens (tertiary/aromatic N) is 1. The maximum Gasteiger partial charge on any atom is 0.358 e. The molecule has 0 saturated carbocycles. The van der Waals surface area contributed by atoms with Crippen molar-refractivity contribution >= 4 is 34.1 Å². The number of ether oxygens (including phenoxy) is 1. The van der Waals surface area contributed by atoms with Crippen molar-refractivity contribution < 1.29 is 19.1 Å². The van der Waals surface area contributed by atoms with E-state index in [1.54, 1.807) is 0 Å². The molecule has 1 heterocycles. The van der Waals surface area contributed by atoms with Crippen LogP contribution in [0.15, 0.2) is 0 Å². The number of thiazole rings is 1. The van der Waals surface area contributed by atoms with Crippen LogP contribution in [0.25, 0.3) is 0 Å². The van der Waals surface area contributed by atoms with Gasteiger partial charge in [0.2, 0.25) is 5.91 Å². The lowest BCUT2D eigenvalue weighted by Gasteiger charge is -1.98. The highest BCUT2D eigenvalue weighted by Crippen LogP contribution is 2.24. The van der Waals surface area contributed by atoms with Crippen molar-refractivity contribution in [1.29, 1.82) is 0 Å². The Labute approximate surface area is 107 Å². The molecule has 0 radical (unpaired) electrons. The Hall–Kier alpha value is -1.96. The highest BCUT2D eigenvalue weighted by molar-refractivity contribution is 7.17. The molecule has 98 valence electrons. The number of primary amides is 1. The fourth-order valence-electron chi connectivity index (χ4n) is 1.16. The molecule has 1 aromatic rings. The molecule has 0 fully saturated rings. The van der Waals surface area contributed by atoms with Crippen LogP contribution in [0.5, 0.6) is 0 Å². The summed E-state index contributed by atoms with van der Waals surface area (Å²) in [5.41, 5.74) is 4.97. The highest BCUT2D eigenvalue weighted by atomic mass is 32.1. The fourth-order valence-corrected chi connectivity index (χ4v) is 2.04. The molecule has 18 heavy (non-hydrogen) atoms. The van der Waals surface area contributed by atoms with Gasteiger partial charge in [0.15, 0.2) is 16.6 Å². The van der Waals surface area contributed by atoms with Gasteiger partial charge in [0.1, 0.15) is 4.88 Å². The number of methoxy groups -OCH3 is 1. The normalized spacial score (nSPS) is 9.89. The summed E-state index contributed by atoms with van der Waals surface area (Å²) in [6.07, 6.45) is 0.141. The van der Waals surface area contributed by atoms with Crippen molar-refractivity contribution in [1.82, 2.24) is 4.98 Å². The zero-order chi connectivity index (χ0) is 13.7. The van der Waals surface area contributed by atoms with Crippen LogP contribution >= 0.6 is 11.3 Å². The van der Waals surface area contributed by atoms with Crippen LogP contribution in [-0.2, 0) is 9.53 Å². The monoisotopic (exact) mass is 271 g/mol. The van der Waals surface area contributed by atoms with Gasteiger partial charge >= 0.3 is 5.97 Å². The quantitative estimate of drug-likeness (QED) is 0.573. The molecule has 0 atom stereocenters. The van der Waals surface area contributed by atoms with Crippen molar-refractivity contribution in [2.75, 3.05) is 19.0 Å². The lowest BCUT2D eigenvalue weighted by molar-refractivity contribution is -0.117. The van der Waals surface area contributed by atoms with E-state index in [0.29, 0.717) is 11.7 Å². The second kappa shape index (κ2) is 6.10. The van der Waals surface area contributed by atoms with E-state index in [2.05, 4.69) is 15.0 Å². The summed E-state index contributed by atoms with van der Waals surface area (Å²) in [4.78, 5) is 37.5. The summed E-state index contributed by atoms with van der Waals surface area (Å²) in [5.74, 6) is -1.38. The number of rotatable bonds is 6. The molecular formula is C10H13N3O4S. The van der Waals surface area contributed by atoms with Gasteiger partial charge in [-0.05, 0) is 0 Å². The predicted molar refractivity (Wildman–Crippen MR) is 65.8 cm³/mol. The van der Waals surface area contributed by atoms with Gasteiger partial charge in [-0.15, -0.1) is 0 Å². The molecule has 3 N–H and O–H groups in total. The standard InChI is InChI=1S/C10H13N3O4S/c1-5(14)8-7(9(16)17-2)13-10(18-8)12-4-3-6(11)15/h3-4H2,1-2H3,(H2,11,15)(H,12,13). The Morgan fingerprint density at radius 3 is 2.61 bits per heavy atom. The molecule has 0 aromatic carbocycles. The van der Waals surface area contributed by atoms with E-state index < -0.39 is 11.9 Å². The van der Waals surface area contributed by atoms with Crippen molar-refractivity contribution in [3.63, 3.8) is 0 Å². The maximum atomic E-state index is 11.4. The molecule has 0 bridgehead atoms. The van der Waals surface area contributed by atoms with E-state index in [4.69, 9.17) is 5.73 Å². The summed E-state index contributed by atoms with van der Waals surface area (Å²) in [5, 5.41) is 3.19. The summed E-state index contributed by atoms with van der Waals surface area (Å²) in [6.45, 7) is 1.63. The number of hydrogen-bond donors (Lipinski definition) is 2. The number of nitrogens with one attached hydrogen (secondary N) is 1. The molecule has 1 rings (SSSR count). The first-order valence-electron chi connectivity index (χ1n) is 5.08. The number of ketones is 1. The van der Waals surface area contributed by atoms with Crippen molar-refractivity contribution in [2.45, 2.75) is 13.3 Å². The first-order chi connectivity index (χ1) is 8.45. The van der Waals surface area contributed by atoms with Gasteiger partial charge in [-0.1, -0.05) is 11.3 Å². The SMILES string of the molecule is COC(=O)c1nc(NCCC(N)=O)sc1C(C)=O. The summed E-state index contributed by atoms with van der Waals surface area (Å²) < 4.78 is 4.53. The zero-order valence-corrected chi connectivity index (χ0v) is 10.8. The third-order valence-electron chi connectivity index (χ3n) is 1.97. The maximum absolute atomic E-state index is 11.4. The summed E-state index contributed by atoms with van der Waals surface area (Å²) >= 11 is 1.04. The van der Waals surface area contributed by atoms with Gasteiger partial charge in [0.25, 0.3) is 0 Å². The second-order valence-electron chi connectivity index (χ2n) is 3.39. The number of Topliss-reactive ketones (excluding diaryl/α,β-unsaturated/α-hetero) is 1. The summed E-state index contributed by atoms with van der Waals surface area (Å²) in [6, 6.07) is 0. The van der Waals surface area contributed by atoms with Crippen LogP contribution in [0, 0.1) is 0 Å². The van der Waals surface area contributed by atoms with Crippen molar-refractivity contribution in [2.24, 2.45) is 5.73 Å². The van der Waals surface area contributed by atoms with Crippen molar-refractivity contribution in [3.05, 3.63) is 10.6 Å². The average molecular weight is 271 g/mol. The molecule has 0 aliphatic heterocycles. The first-order valence-corrected chi connectivity index (χ1v) is 5.89. The van der Waals surface area contributed by atoms with Crippen LogP contribution in [-0.4, -0.2) is 36.3 Å². The Bertz CT molecular complexity index is 483. The largest absolute Gasteiger partial charge is 0.464 e. The molecular weight excluding hydrogens is 258 g/mol. The Balaban J connectivity index is 2.85.